The van der Waals surface area contributed by atoms with Crippen LogP contribution in [-0.2, 0) is 6.54 Å². The van der Waals surface area contributed by atoms with Gasteiger partial charge in [-0.2, -0.15) is 4.52 Å². The maximum Gasteiger partial charge on any atom is 0.310 e. The van der Waals surface area contributed by atoms with E-state index in [-0.39, 0.29) is 36.1 Å². The Morgan fingerprint density at radius 1 is 1.03 bits per heavy atom. The maximum atomic E-state index is 13.5. The minimum atomic E-state index is -10.1. The van der Waals surface area contributed by atoms with E-state index in [1.165, 1.54) is 6.92 Å². The predicted octanol–water partition coefficient (Wildman–Crippen LogP) is 6.13. The van der Waals surface area contributed by atoms with E-state index in [4.69, 9.17) is 14.9 Å². The SMILES string of the molecule is CCOc1cc(C(=O)Cn2nc3c(C)c(C)c(OC(CC)CC)nn3c2=N)cc(S(F)(F)(F)(F)F)c1. The van der Waals surface area contributed by atoms with E-state index in [9.17, 15) is 24.2 Å². The van der Waals surface area contributed by atoms with Crippen molar-refractivity contribution in [1.29, 1.82) is 5.41 Å². The van der Waals surface area contributed by atoms with E-state index in [0.717, 1.165) is 28.1 Å². The summed E-state index contributed by atoms with van der Waals surface area (Å²) in [6.07, 6.45) is 1.38. The molecule has 3 aromatic rings. The minimum absolute atomic E-state index is 0.0962. The van der Waals surface area contributed by atoms with E-state index in [2.05, 4.69) is 10.2 Å². The van der Waals surface area contributed by atoms with Gasteiger partial charge in [0.15, 0.2) is 11.4 Å². The number of Topliss-reactive ketones (excluding diaryl/α,β-unsaturated/α-hetero) is 1. The fraction of sp³-hybridized carbons (Fsp3) is 0.455. The molecule has 1 aromatic carbocycles. The normalized spacial score (nSPS) is 14.1. The molecule has 8 nitrogen and oxygen atoms in total. The van der Waals surface area contributed by atoms with Crippen LogP contribution in [0.3, 0.4) is 0 Å². The number of hydrogen-bond donors (Lipinski definition) is 1. The molecule has 0 saturated heterocycles. The Hall–Kier alpha value is -3.16. The van der Waals surface area contributed by atoms with Crippen molar-refractivity contribution >= 4 is 21.7 Å². The van der Waals surface area contributed by atoms with Gasteiger partial charge in [0.2, 0.25) is 11.5 Å². The molecule has 0 bridgehead atoms. The highest BCUT2D eigenvalue weighted by atomic mass is 32.5. The van der Waals surface area contributed by atoms with Crippen molar-refractivity contribution in [1.82, 2.24) is 19.4 Å². The van der Waals surface area contributed by atoms with Crippen LogP contribution < -0.4 is 15.1 Å². The predicted molar refractivity (Wildman–Crippen MR) is 125 cm³/mol. The van der Waals surface area contributed by atoms with Crippen LogP contribution in [0.15, 0.2) is 23.1 Å². The molecule has 2 aromatic heterocycles. The minimum Gasteiger partial charge on any atom is -0.494 e. The van der Waals surface area contributed by atoms with Gasteiger partial charge in [0.05, 0.1) is 12.7 Å². The van der Waals surface area contributed by atoms with E-state index in [0.29, 0.717) is 17.0 Å². The number of aryl methyl sites for hydroxylation is 1. The number of carbonyl (C=O) groups is 1. The largest absolute Gasteiger partial charge is 0.494 e. The molecule has 36 heavy (non-hydrogen) atoms. The summed E-state index contributed by atoms with van der Waals surface area (Å²) in [5.74, 6) is -1.19. The molecule has 2 heterocycles. The van der Waals surface area contributed by atoms with Gasteiger partial charge in [-0.1, -0.05) is 33.3 Å². The molecule has 0 aliphatic rings. The van der Waals surface area contributed by atoms with Gasteiger partial charge < -0.3 is 9.47 Å². The van der Waals surface area contributed by atoms with Crippen LogP contribution >= 0.6 is 10.2 Å². The van der Waals surface area contributed by atoms with E-state index < -0.39 is 38.8 Å². The molecule has 3 rings (SSSR count). The lowest BCUT2D eigenvalue weighted by Gasteiger charge is -2.40. The molecule has 14 heteroatoms. The molecule has 0 saturated carbocycles. The number of ether oxygens (including phenoxy) is 2. The van der Waals surface area contributed by atoms with E-state index >= 15 is 0 Å². The molecular formula is C22H28F5N5O3S. The summed E-state index contributed by atoms with van der Waals surface area (Å²) in [7, 11) is -10.1. The third-order valence-electron chi connectivity index (χ3n) is 5.71. The summed E-state index contributed by atoms with van der Waals surface area (Å²) in [5.41, 5.74) is 0.574. The summed E-state index contributed by atoms with van der Waals surface area (Å²) in [6.45, 7) is 8.12. The average Bonchev–Trinajstić information content (AvgIpc) is 3.09. The van der Waals surface area contributed by atoms with Crippen LogP contribution in [0.2, 0.25) is 0 Å². The van der Waals surface area contributed by atoms with Crippen molar-refractivity contribution in [3.05, 3.63) is 40.5 Å². The van der Waals surface area contributed by atoms with Gasteiger partial charge in [-0.25, -0.2) is 4.68 Å². The Morgan fingerprint density at radius 3 is 2.22 bits per heavy atom. The van der Waals surface area contributed by atoms with Gasteiger partial charge in [0.1, 0.15) is 17.2 Å². The quantitative estimate of drug-likeness (QED) is 0.248. The lowest BCUT2D eigenvalue weighted by atomic mass is 10.1. The summed E-state index contributed by atoms with van der Waals surface area (Å²) < 4.78 is 80.3. The van der Waals surface area contributed by atoms with E-state index in [1.54, 1.807) is 13.8 Å². The van der Waals surface area contributed by atoms with Gasteiger partial charge in [0.25, 0.3) is 0 Å². The average molecular weight is 538 g/mol. The third kappa shape index (κ3) is 5.63. The second-order valence-electron chi connectivity index (χ2n) is 8.35. The number of carbonyl (C=O) groups excluding carboxylic acids is 1. The number of halogens is 5. The molecule has 0 aliphatic heterocycles. The highest BCUT2D eigenvalue weighted by Crippen LogP contribution is 3.02. The summed E-state index contributed by atoms with van der Waals surface area (Å²) in [5, 5.41) is 16.9. The van der Waals surface area contributed by atoms with Crippen LogP contribution in [0.25, 0.3) is 5.65 Å². The molecule has 1 N–H and O–H groups in total. The van der Waals surface area contributed by atoms with Gasteiger partial charge >= 0.3 is 10.2 Å². The standard InChI is InChI=1S/C22H28F5N5O3S/c1-6-16(7-2)35-21-14(5)13(4)20-29-31(22(28)32(20)30-21)12-19(33)15-9-17(34-8-3)11-18(10-15)36(23,24,25,26)27/h9-11,16,28H,6-8,12H2,1-5H3. The summed E-state index contributed by atoms with van der Waals surface area (Å²) in [4.78, 5) is 10.6. The Balaban J connectivity index is 2.05. The van der Waals surface area contributed by atoms with Crippen molar-refractivity contribution in [3.63, 3.8) is 0 Å². The number of fused-ring (bicyclic) bond motifs is 1. The highest BCUT2D eigenvalue weighted by Gasteiger charge is 2.65. The van der Waals surface area contributed by atoms with Gasteiger partial charge in [0, 0.05) is 22.8 Å². The zero-order chi connectivity index (χ0) is 27.1. The lowest BCUT2D eigenvalue weighted by molar-refractivity contribution is 0.0965. The Bertz CT molecular complexity index is 1380. The molecule has 0 aliphatic carbocycles. The Labute approximate surface area is 204 Å². The van der Waals surface area contributed by atoms with Crippen molar-refractivity contribution in [3.8, 4) is 11.6 Å². The molecule has 0 spiro atoms. The zero-order valence-corrected chi connectivity index (χ0v) is 21.3. The van der Waals surface area contributed by atoms with Crippen molar-refractivity contribution < 1.29 is 33.7 Å². The molecule has 0 amide bonds. The number of nitrogens with zero attached hydrogens (tertiary/aromatic N) is 4. The molecule has 200 valence electrons. The van der Waals surface area contributed by atoms with Crippen LogP contribution in [0.5, 0.6) is 11.6 Å². The topological polar surface area (TPSA) is 94.5 Å². The molecule has 0 fully saturated rings. The molecule has 0 unspecified atom stereocenters. The Morgan fingerprint density at radius 2 is 1.67 bits per heavy atom. The van der Waals surface area contributed by atoms with E-state index in [1.807, 2.05) is 13.8 Å². The molecule has 0 radical (unpaired) electrons. The van der Waals surface area contributed by atoms with Gasteiger partial charge in [-0.15, -0.1) is 10.2 Å². The monoisotopic (exact) mass is 537 g/mol. The first-order valence-corrected chi connectivity index (χ1v) is 13.2. The number of benzene rings is 1. The Kier molecular flexibility index (Phi) is 6.66. The smallest absolute Gasteiger partial charge is 0.310 e. The van der Waals surface area contributed by atoms with Crippen molar-refractivity contribution in [2.45, 2.75) is 65.0 Å². The molecule has 0 atom stereocenters. The van der Waals surface area contributed by atoms with Gasteiger partial charge in [-0.05, 0) is 45.7 Å². The first kappa shape index (κ1) is 27.4. The second kappa shape index (κ2) is 8.75. The first-order valence-electron chi connectivity index (χ1n) is 11.2. The van der Waals surface area contributed by atoms with Crippen LogP contribution in [0, 0.1) is 19.3 Å². The fourth-order valence-corrected chi connectivity index (χ4v) is 4.19. The third-order valence-corrected chi connectivity index (χ3v) is 6.84. The lowest BCUT2D eigenvalue weighted by Crippen LogP contribution is -2.27. The second-order valence-corrected chi connectivity index (χ2v) is 10.8. The fourth-order valence-electron chi connectivity index (χ4n) is 3.50. The van der Waals surface area contributed by atoms with Crippen molar-refractivity contribution in [2.75, 3.05) is 6.61 Å². The highest BCUT2D eigenvalue weighted by molar-refractivity contribution is 8.45. The maximum absolute atomic E-state index is 13.5. The van der Waals surface area contributed by atoms with Crippen molar-refractivity contribution in [2.24, 2.45) is 0 Å². The summed E-state index contributed by atoms with van der Waals surface area (Å²) in [6, 6.07) is 1.23. The molecular weight excluding hydrogens is 509 g/mol. The van der Waals surface area contributed by atoms with Crippen LogP contribution in [0.4, 0.5) is 19.4 Å². The number of ketones is 1. The summed E-state index contributed by atoms with van der Waals surface area (Å²) >= 11 is 0. The van der Waals surface area contributed by atoms with Crippen LogP contribution in [0.1, 0.15) is 55.1 Å². The number of hydrogen-bond acceptors (Lipinski definition) is 6. The number of nitrogens with one attached hydrogen (secondary N) is 1. The zero-order valence-electron chi connectivity index (χ0n) is 20.4. The first-order chi connectivity index (χ1) is 16.5. The van der Waals surface area contributed by atoms with Gasteiger partial charge in [-0.3, -0.25) is 10.2 Å². The number of rotatable bonds is 10. The van der Waals surface area contributed by atoms with Crippen LogP contribution in [-0.4, -0.2) is 37.9 Å². The number of aromatic nitrogens is 4.